The Balaban J connectivity index is 1.52. The minimum atomic E-state index is -0.204. The Morgan fingerprint density at radius 1 is 0.963 bits per heavy atom. The number of ether oxygens (including phenoxy) is 2. The Hall–Kier alpha value is -3.60. The highest BCUT2D eigenvalue weighted by Crippen LogP contribution is 2.19. The summed E-state index contributed by atoms with van der Waals surface area (Å²) in [5, 5.41) is 2.78. The first-order valence-electron chi connectivity index (χ1n) is 8.49. The molecule has 3 aromatic carbocycles. The first-order valence-corrected chi connectivity index (χ1v) is 8.49. The second-order valence-corrected chi connectivity index (χ2v) is 5.73. The highest BCUT2D eigenvalue weighted by atomic mass is 16.5. The van der Waals surface area contributed by atoms with Crippen LogP contribution in [0, 0.1) is 0 Å². The summed E-state index contributed by atoms with van der Waals surface area (Å²) in [4.78, 5) is 16.3. The molecule has 0 aliphatic heterocycles. The van der Waals surface area contributed by atoms with Crippen molar-refractivity contribution in [3.05, 3.63) is 84.4 Å². The van der Waals surface area contributed by atoms with Crippen LogP contribution >= 0.6 is 0 Å². The van der Waals surface area contributed by atoms with Crippen molar-refractivity contribution in [2.24, 2.45) is 4.99 Å². The number of hydrogen-bond donors (Lipinski definition) is 1. The molecular formula is C22H20N2O3. The quantitative estimate of drug-likeness (QED) is 0.633. The van der Waals surface area contributed by atoms with E-state index in [9.17, 15) is 4.79 Å². The van der Waals surface area contributed by atoms with Gasteiger partial charge in [0, 0.05) is 18.0 Å². The van der Waals surface area contributed by atoms with Gasteiger partial charge in [-0.1, -0.05) is 24.3 Å². The Morgan fingerprint density at radius 3 is 2.48 bits per heavy atom. The van der Waals surface area contributed by atoms with Gasteiger partial charge in [0.25, 0.3) is 5.91 Å². The van der Waals surface area contributed by atoms with Gasteiger partial charge in [0.1, 0.15) is 11.5 Å². The van der Waals surface area contributed by atoms with Gasteiger partial charge in [0.15, 0.2) is 6.61 Å². The fourth-order valence-electron chi connectivity index (χ4n) is 2.36. The van der Waals surface area contributed by atoms with E-state index in [-0.39, 0.29) is 12.5 Å². The van der Waals surface area contributed by atoms with Crippen molar-refractivity contribution in [2.45, 2.75) is 0 Å². The van der Waals surface area contributed by atoms with Gasteiger partial charge in [0.2, 0.25) is 0 Å². The van der Waals surface area contributed by atoms with Crippen LogP contribution in [0.4, 0.5) is 11.4 Å². The van der Waals surface area contributed by atoms with Crippen LogP contribution in [-0.4, -0.2) is 25.8 Å². The van der Waals surface area contributed by atoms with Crippen molar-refractivity contribution < 1.29 is 14.3 Å². The number of amides is 1. The molecule has 3 aromatic rings. The van der Waals surface area contributed by atoms with E-state index >= 15 is 0 Å². The van der Waals surface area contributed by atoms with Crippen LogP contribution in [0.5, 0.6) is 11.5 Å². The standard InChI is InChI=1S/C22H20N2O3/c1-26-21-9-5-8-19(14-21)23-15-17-10-12-20(13-11-17)27-16-22(25)24-18-6-3-2-4-7-18/h2-15H,16H2,1H3,(H,24,25). The molecule has 0 saturated carbocycles. The lowest BCUT2D eigenvalue weighted by Gasteiger charge is -2.07. The average molecular weight is 360 g/mol. The third kappa shape index (κ3) is 5.71. The normalized spacial score (nSPS) is 10.6. The molecule has 0 unspecified atom stereocenters. The van der Waals surface area contributed by atoms with Gasteiger partial charge in [-0.3, -0.25) is 9.79 Å². The number of carbonyl (C=O) groups is 1. The van der Waals surface area contributed by atoms with Crippen molar-refractivity contribution in [2.75, 3.05) is 19.0 Å². The van der Waals surface area contributed by atoms with Crippen molar-refractivity contribution >= 4 is 23.5 Å². The largest absolute Gasteiger partial charge is 0.497 e. The number of methoxy groups -OCH3 is 1. The van der Waals surface area contributed by atoms with Crippen LogP contribution in [0.15, 0.2) is 83.9 Å². The van der Waals surface area contributed by atoms with Gasteiger partial charge in [-0.15, -0.1) is 0 Å². The summed E-state index contributed by atoms with van der Waals surface area (Å²) in [5.41, 5.74) is 2.49. The van der Waals surface area contributed by atoms with Crippen LogP contribution in [0.1, 0.15) is 5.56 Å². The molecule has 0 aliphatic carbocycles. The lowest BCUT2D eigenvalue weighted by molar-refractivity contribution is -0.118. The third-order valence-corrected chi connectivity index (χ3v) is 3.72. The number of nitrogens with one attached hydrogen (secondary N) is 1. The molecule has 0 atom stereocenters. The molecule has 1 amide bonds. The van der Waals surface area contributed by atoms with Crippen molar-refractivity contribution in [1.82, 2.24) is 0 Å². The predicted molar refractivity (Wildman–Crippen MR) is 107 cm³/mol. The second-order valence-electron chi connectivity index (χ2n) is 5.73. The minimum absolute atomic E-state index is 0.0495. The van der Waals surface area contributed by atoms with Gasteiger partial charge in [0.05, 0.1) is 12.8 Å². The molecule has 0 aliphatic rings. The number of nitrogens with zero attached hydrogens (tertiary/aromatic N) is 1. The lowest BCUT2D eigenvalue weighted by atomic mass is 10.2. The topological polar surface area (TPSA) is 59.9 Å². The average Bonchev–Trinajstić information content (AvgIpc) is 2.72. The molecule has 0 fully saturated rings. The molecule has 136 valence electrons. The van der Waals surface area contributed by atoms with E-state index in [0.29, 0.717) is 5.75 Å². The first-order chi connectivity index (χ1) is 13.2. The second kappa shape index (κ2) is 9.20. The zero-order valence-electron chi connectivity index (χ0n) is 15.0. The lowest BCUT2D eigenvalue weighted by Crippen LogP contribution is -2.20. The van der Waals surface area contributed by atoms with Crippen LogP contribution < -0.4 is 14.8 Å². The van der Waals surface area contributed by atoms with Gasteiger partial charge >= 0.3 is 0 Å². The van der Waals surface area contributed by atoms with E-state index in [1.54, 1.807) is 13.3 Å². The zero-order valence-corrected chi connectivity index (χ0v) is 15.0. The van der Waals surface area contributed by atoms with Gasteiger partial charge in [-0.25, -0.2) is 0 Å². The summed E-state index contributed by atoms with van der Waals surface area (Å²) in [5.74, 6) is 1.18. The predicted octanol–water partition coefficient (Wildman–Crippen LogP) is 4.46. The van der Waals surface area contributed by atoms with Crippen LogP contribution in [0.3, 0.4) is 0 Å². The summed E-state index contributed by atoms with van der Waals surface area (Å²) in [6.45, 7) is -0.0495. The third-order valence-electron chi connectivity index (χ3n) is 3.72. The maximum Gasteiger partial charge on any atom is 0.262 e. The number of aliphatic imine (C=N–C) groups is 1. The highest BCUT2D eigenvalue weighted by molar-refractivity contribution is 5.91. The smallest absolute Gasteiger partial charge is 0.262 e. The van der Waals surface area contributed by atoms with Gasteiger partial charge in [-0.05, 0) is 54.1 Å². The molecule has 0 saturated heterocycles. The number of hydrogen-bond acceptors (Lipinski definition) is 4. The van der Waals surface area contributed by atoms with E-state index in [2.05, 4.69) is 10.3 Å². The zero-order chi connectivity index (χ0) is 18.9. The number of carbonyl (C=O) groups excluding carboxylic acids is 1. The molecule has 5 nitrogen and oxygen atoms in total. The molecule has 5 heteroatoms. The fraction of sp³-hybridized carbons (Fsp3) is 0.0909. The summed E-state index contributed by atoms with van der Waals surface area (Å²) < 4.78 is 10.7. The van der Waals surface area contributed by atoms with E-state index < -0.39 is 0 Å². The van der Waals surface area contributed by atoms with Crippen molar-refractivity contribution in [3.8, 4) is 11.5 Å². The Bertz CT molecular complexity index is 906. The molecule has 1 N–H and O–H groups in total. The van der Waals surface area contributed by atoms with Crippen molar-refractivity contribution in [3.63, 3.8) is 0 Å². The van der Waals surface area contributed by atoms with E-state index in [4.69, 9.17) is 9.47 Å². The molecule has 0 aromatic heterocycles. The van der Waals surface area contributed by atoms with Crippen LogP contribution in [0.2, 0.25) is 0 Å². The minimum Gasteiger partial charge on any atom is -0.497 e. The molecule has 0 radical (unpaired) electrons. The Kier molecular flexibility index (Phi) is 6.20. The van der Waals surface area contributed by atoms with Crippen molar-refractivity contribution in [1.29, 1.82) is 0 Å². The van der Waals surface area contributed by atoms with Gasteiger partial charge < -0.3 is 14.8 Å². The number of para-hydroxylation sites is 1. The van der Waals surface area contributed by atoms with Crippen LogP contribution in [-0.2, 0) is 4.79 Å². The first kappa shape index (κ1) is 18.2. The molecule has 0 spiro atoms. The van der Waals surface area contributed by atoms with Gasteiger partial charge in [-0.2, -0.15) is 0 Å². The molecule has 3 rings (SSSR count). The SMILES string of the molecule is COc1cccc(N=Cc2ccc(OCC(=O)Nc3ccccc3)cc2)c1. The van der Waals surface area contributed by atoms with E-state index in [0.717, 1.165) is 22.7 Å². The molecule has 27 heavy (non-hydrogen) atoms. The summed E-state index contributed by atoms with van der Waals surface area (Å²) in [6.07, 6.45) is 1.76. The van der Waals surface area contributed by atoms with E-state index in [1.807, 2.05) is 78.9 Å². The number of benzene rings is 3. The summed E-state index contributed by atoms with van der Waals surface area (Å²) >= 11 is 0. The number of anilines is 1. The molecule has 0 heterocycles. The highest BCUT2D eigenvalue weighted by Gasteiger charge is 2.03. The summed E-state index contributed by atoms with van der Waals surface area (Å²) in [7, 11) is 1.63. The Labute approximate surface area is 158 Å². The maximum atomic E-state index is 11.9. The summed E-state index contributed by atoms with van der Waals surface area (Å²) in [6, 6.07) is 24.2. The molecule has 0 bridgehead atoms. The van der Waals surface area contributed by atoms with E-state index in [1.165, 1.54) is 0 Å². The monoisotopic (exact) mass is 360 g/mol. The fourth-order valence-corrected chi connectivity index (χ4v) is 2.36. The molecular weight excluding hydrogens is 340 g/mol. The Morgan fingerprint density at radius 2 is 1.74 bits per heavy atom. The van der Waals surface area contributed by atoms with Crippen LogP contribution in [0.25, 0.3) is 0 Å². The maximum absolute atomic E-state index is 11.9. The number of rotatable bonds is 7.